The zero-order valence-electron chi connectivity index (χ0n) is 9.47. The summed E-state index contributed by atoms with van der Waals surface area (Å²) in [5.74, 6) is -0.142. The van der Waals surface area contributed by atoms with Gasteiger partial charge in [-0.2, -0.15) is 0 Å². The van der Waals surface area contributed by atoms with Crippen LogP contribution in [-0.4, -0.2) is 30.5 Å². The number of rotatable bonds is 2. The maximum atomic E-state index is 11.5. The normalized spacial score (nSPS) is 15.1. The minimum atomic E-state index is -0.601. The lowest BCUT2D eigenvalue weighted by Crippen LogP contribution is -2.25. The Morgan fingerprint density at radius 2 is 2.29 bits per heavy atom. The lowest BCUT2D eigenvalue weighted by atomic mass is 10.3. The number of aromatic nitrogens is 1. The summed E-state index contributed by atoms with van der Waals surface area (Å²) in [6.45, 7) is 0.621. The van der Waals surface area contributed by atoms with Gasteiger partial charge in [0.15, 0.2) is 5.69 Å². The second-order valence-corrected chi connectivity index (χ2v) is 3.75. The molecular weight excluding hydrogens is 222 g/mol. The minimum absolute atomic E-state index is 0.0121. The third kappa shape index (κ3) is 2.06. The Bertz CT molecular complexity index is 473. The Balaban J connectivity index is 2.37. The summed E-state index contributed by atoms with van der Waals surface area (Å²) in [5, 5.41) is 0. The maximum Gasteiger partial charge on any atom is 0.358 e. The van der Waals surface area contributed by atoms with Gasteiger partial charge in [-0.25, -0.2) is 9.78 Å². The molecule has 1 saturated heterocycles. The number of esters is 1. The number of carbonyl (C=O) groups excluding carboxylic acids is 2. The zero-order chi connectivity index (χ0) is 12.4. The number of methoxy groups -OCH3 is 1. The third-order valence-corrected chi connectivity index (χ3v) is 2.64. The van der Waals surface area contributed by atoms with Crippen LogP contribution in [0.2, 0.25) is 0 Å². The highest BCUT2D eigenvalue weighted by Gasteiger charge is 2.24. The fourth-order valence-corrected chi connectivity index (χ4v) is 1.76. The van der Waals surface area contributed by atoms with Crippen LogP contribution < -0.4 is 10.6 Å². The molecule has 1 amide bonds. The van der Waals surface area contributed by atoms with Gasteiger partial charge in [0.1, 0.15) is 5.82 Å². The van der Waals surface area contributed by atoms with Crippen molar-refractivity contribution in [3.8, 4) is 0 Å². The maximum absolute atomic E-state index is 11.5. The van der Waals surface area contributed by atoms with Crippen molar-refractivity contribution in [2.24, 2.45) is 0 Å². The van der Waals surface area contributed by atoms with Gasteiger partial charge in [0, 0.05) is 13.0 Å². The summed E-state index contributed by atoms with van der Waals surface area (Å²) in [5.41, 5.74) is 5.92. The Morgan fingerprint density at radius 1 is 1.53 bits per heavy atom. The summed E-state index contributed by atoms with van der Waals surface area (Å²) in [6, 6.07) is 3.19. The largest absolute Gasteiger partial charge is 0.464 e. The SMILES string of the molecule is COC(=O)c1nc(N2CCCC2=O)ccc1N. The topological polar surface area (TPSA) is 85.5 Å². The van der Waals surface area contributed by atoms with Crippen molar-refractivity contribution in [3.05, 3.63) is 17.8 Å². The summed E-state index contributed by atoms with van der Waals surface area (Å²) in [7, 11) is 1.26. The molecule has 6 heteroatoms. The van der Waals surface area contributed by atoms with E-state index in [4.69, 9.17) is 5.73 Å². The Morgan fingerprint density at radius 3 is 2.88 bits per heavy atom. The molecule has 1 aliphatic rings. The number of carbonyl (C=O) groups is 2. The van der Waals surface area contributed by atoms with Crippen molar-refractivity contribution in [1.29, 1.82) is 0 Å². The number of ether oxygens (including phenoxy) is 1. The summed E-state index contributed by atoms with van der Waals surface area (Å²) >= 11 is 0. The number of pyridine rings is 1. The van der Waals surface area contributed by atoms with Crippen LogP contribution in [0.4, 0.5) is 11.5 Å². The van der Waals surface area contributed by atoms with E-state index < -0.39 is 5.97 Å². The molecule has 2 rings (SSSR count). The van der Waals surface area contributed by atoms with Gasteiger partial charge in [-0.1, -0.05) is 0 Å². The molecule has 1 aromatic heterocycles. The first-order valence-corrected chi connectivity index (χ1v) is 5.28. The van der Waals surface area contributed by atoms with Gasteiger partial charge >= 0.3 is 5.97 Å². The number of nitrogens with zero attached hydrogens (tertiary/aromatic N) is 2. The Hall–Kier alpha value is -2.11. The molecule has 1 aromatic rings. The molecule has 0 unspecified atom stereocenters. The van der Waals surface area contributed by atoms with Crippen molar-refractivity contribution in [2.45, 2.75) is 12.8 Å². The molecule has 0 spiro atoms. The number of nitrogen functional groups attached to an aromatic ring is 1. The van der Waals surface area contributed by atoms with Crippen LogP contribution in [0.5, 0.6) is 0 Å². The number of amides is 1. The van der Waals surface area contributed by atoms with E-state index in [0.29, 0.717) is 18.8 Å². The molecular formula is C11H13N3O3. The molecule has 0 atom stereocenters. The van der Waals surface area contributed by atoms with Gasteiger partial charge in [0.05, 0.1) is 12.8 Å². The van der Waals surface area contributed by atoms with Crippen molar-refractivity contribution < 1.29 is 14.3 Å². The molecule has 1 aliphatic heterocycles. The van der Waals surface area contributed by atoms with Crippen molar-refractivity contribution in [2.75, 3.05) is 24.3 Å². The second kappa shape index (κ2) is 4.40. The third-order valence-electron chi connectivity index (χ3n) is 2.64. The van der Waals surface area contributed by atoms with Crippen LogP contribution in [-0.2, 0) is 9.53 Å². The average molecular weight is 235 g/mol. The minimum Gasteiger partial charge on any atom is -0.464 e. The first kappa shape index (κ1) is 11.4. The van der Waals surface area contributed by atoms with Gasteiger partial charge in [-0.05, 0) is 18.6 Å². The summed E-state index contributed by atoms with van der Waals surface area (Å²) in [4.78, 5) is 28.6. The summed E-state index contributed by atoms with van der Waals surface area (Å²) < 4.78 is 4.58. The van der Waals surface area contributed by atoms with Crippen LogP contribution in [0.25, 0.3) is 0 Å². The molecule has 2 heterocycles. The van der Waals surface area contributed by atoms with Crippen LogP contribution in [0.3, 0.4) is 0 Å². The van der Waals surface area contributed by atoms with Gasteiger partial charge < -0.3 is 10.5 Å². The molecule has 1 fully saturated rings. The van der Waals surface area contributed by atoms with E-state index in [-0.39, 0.29) is 17.3 Å². The number of anilines is 2. The smallest absolute Gasteiger partial charge is 0.358 e. The predicted molar refractivity (Wildman–Crippen MR) is 61.6 cm³/mol. The van der Waals surface area contributed by atoms with Crippen molar-refractivity contribution >= 4 is 23.4 Å². The van der Waals surface area contributed by atoms with Gasteiger partial charge in [0.2, 0.25) is 5.91 Å². The van der Waals surface area contributed by atoms with E-state index in [1.807, 2.05) is 0 Å². The van der Waals surface area contributed by atoms with E-state index in [0.717, 1.165) is 6.42 Å². The van der Waals surface area contributed by atoms with E-state index >= 15 is 0 Å². The van der Waals surface area contributed by atoms with E-state index in [1.54, 1.807) is 17.0 Å². The molecule has 6 nitrogen and oxygen atoms in total. The fraction of sp³-hybridized carbons (Fsp3) is 0.364. The van der Waals surface area contributed by atoms with Gasteiger partial charge in [-0.15, -0.1) is 0 Å². The van der Waals surface area contributed by atoms with Crippen LogP contribution in [0, 0.1) is 0 Å². The molecule has 0 radical (unpaired) electrons. The van der Waals surface area contributed by atoms with E-state index in [2.05, 4.69) is 9.72 Å². The lowest BCUT2D eigenvalue weighted by Gasteiger charge is -2.15. The molecule has 90 valence electrons. The zero-order valence-corrected chi connectivity index (χ0v) is 9.47. The number of hydrogen-bond donors (Lipinski definition) is 1. The monoisotopic (exact) mass is 235 g/mol. The molecule has 2 N–H and O–H groups in total. The van der Waals surface area contributed by atoms with Crippen molar-refractivity contribution in [1.82, 2.24) is 4.98 Å². The fourth-order valence-electron chi connectivity index (χ4n) is 1.76. The number of nitrogens with two attached hydrogens (primary N) is 1. The standard InChI is InChI=1S/C11H13N3O3/c1-17-11(16)10-7(12)4-5-8(13-10)14-6-2-3-9(14)15/h4-5H,2-3,6,12H2,1H3. The van der Waals surface area contributed by atoms with Crippen LogP contribution in [0.1, 0.15) is 23.3 Å². The first-order chi connectivity index (χ1) is 8.13. The summed E-state index contributed by atoms with van der Waals surface area (Å²) in [6.07, 6.45) is 1.32. The van der Waals surface area contributed by atoms with E-state index in [9.17, 15) is 9.59 Å². The lowest BCUT2D eigenvalue weighted by molar-refractivity contribution is -0.117. The Kier molecular flexibility index (Phi) is 2.95. The second-order valence-electron chi connectivity index (χ2n) is 3.75. The van der Waals surface area contributed by atoms with Crippen molar-refractivity contribution in [3.63, 3.8) is 0 Å². The molecule has 0 saturated carbocycles. The highest BCUT2D eigenvalue weighted by Crippen LogP contribution is 2.22. The van der Waals surface area contributed by atoms with Crippen LogP contribution >= 0.6 is 0 Å². The number of hydrogen-bond acceptors (Lipinski definition) is 5. The first-order valence-electron chi connectivity index (χ1n) is 5.28. The molecule has 0 bridgehead atoms. The highest BCUT2D eigenvalue weighted by molar-refractivity contribution is 5.97. The quantitative estimate of drug-likeness (QED) is 0.758. The molecule has 0 aromatic carbocycles. The highest BCUT2D eigenvalue weighted by atomic mass is 16.5. The Labute approximate surface area is 98.4 Å². The van der Waals surface area contributed by atoms with E-state index in [1.165, 1.54) is 7.11 Å². The van der Waals surface area contributed by atoms with Gasteiger partial charge in [-0.3, -0.25) is 9.69 Å². The molecule has 0 aliphatic carbocycles. The average Bonchev–Trinajstić information content (AvgIpc) is 2.75. The predicted octanol–water partition coefficient (Wildman–Crippen LogP) is 0.577. The van der Waals surface area contributed by atoms with Crippen LogP contribution in [0.15, 0.2) is 12.1 Å². The van der Waals surface area contributed by atoms with Gasteiger partial charge in [0.25, 0.3) is 0 Å². The molecule has 17 heavy (non-hydrogen) atoms.